The van der Waals surface area contributed by atoms with Gasteiger partial charge in [-0.1, -0.05) is 19.8 Å². The Labute approximate surface area is 104 Å². The highest BCUT2D eigenvalue weighted by molar-refractivity contribution is 5.86. The quantitative estimate of drug-likeness (QED) is 0.760. The normalized spacial score (nSPS) is 47.6. The van der Waals surface area contributed by atoms with Crippen LogP contribution >= 0.6 is 0 Å². The Balaban J connectivity index is 2.43. The molecule has 0 aromatic heterocycles. The molecule has 1 aliphatic carbocycles. The van der Waals surface area contributed by atoms with Crippen LogP contribution in [0, 0.1) is 5.41 Å². The number of carbonyl (C=O) groups is 1. The molecule has 2 rings (SSSR count). The predicted molar refractivity (Wildman–Crippen MR) is 67.8 cm³/mol. The fourth-order valence-corrected chi connectivity index (χ4v) is 4.11. The lowest BCUT2D eigenvalue weighted by Gasteiger charge is -2.59. The first kappa shape index (κ1) is 13.0. The van der Waals surface area contributed by atoms with E-state index in [0.717, 1.165) is 19.3 Å². The van der Waals surface area contributed by atoms with Crippen LogP contribution in [-0.2, 0) is 4.79 Å². The minimum atomic E-state index is -1.12. The molecule has 4 atom stereocenters. The topological polar surface area (TPSA) is 40.5 Å². The molecule has 0 aromatic carbocycles. The molecule has 0 aromatic rings. The third-order valence-electron chi connectivity index (χ3n) is 5.46. The Morgan fingerprint density at radius 2 is 2.06 bits per heavy atom. The van der Waals surface area contributed by atoms with Crippen LogP contribution < -0.4 is 0 Å². The molecule has 3 heteroatoms. The van der Waals surface area contributed by atoms with E-state index in [4.69, 9.17) is 0 Å². The van der Waals surface area contributed by atoms with E-state index in [2.05, 4.69) is 25.8 Å². The molecule has 0 spiro atoms. The zero-order chi connectivity index (χ0) is 12.8. The van der Waals surface area contributed by atoms with E-state index in [9.17, 15) is 9.90 Å². The maximum atomic E-state index is 12.0. The van der Waals surface area contributed by atoms with E-state index in [1.165, 1.54) is 6.42 Å². The number of fused-ring (bicyclic) bond motifs is 1. The van der Waals surface area contributed by atoms with Gasteiger partial charge in [-0.3, -0.25) is 9.69 Å². The number of nitrogens with zero attached hydrogens (tertiary/aromatic N) is 1. The maximum absolute atomic E-state index is 12.0. The summed E-state index contributed by atoms with van der Waals surface area (Å²) in [5.41, 5.74) is -1.39. The largest absolute Gasteiger partial charge is 0.381 e. The lowest BCUT2D eigenvalue weighted by atomic mass is 9.56. The molecular formula is C14H25NO2. The average Bonchev–Trinajstić information content (AvgIpc) is 2.26. The summed E-state index contributed by atoms with van der Waals surface area (Å²) in [5.74, 6) is -0.0492. The molecule has 1 saturated heterocycles. The second-order valence-electron chi connectivity index (χ2n) is 6.31. The highest BCUT2D eigenvalue weighted by Crippen LogP contribution is 2.52. The summed E-state index contributed by atoms with van der Waals surface area (Å²) in [6.07, 6.45) is 4.99. The fourth-order valence-electron chi connectivity index (χ4n) is 4.11. The van der Waals surface area contributed by atoms with Crippen molar-refractivity contribution in [3.8, 4) is 0 Å². The summed E-state index contributed by atoms with van der Waals surface area (Å²) in [6.45, 7) is 5.78. The van der Waals surface area contributed by atoms with Crippen LogP contribution in [0.25, 0.3) is 0 Å². The van der Waals surface area contributed by atoms with Crippen LogP contribution in [0.3, 0.4) is 0 Å². The number of hydrogen-bond acceptors (Lipinski definition) is 3. The molecular weight excluding hydrogens is 214 g/mol. The molecule has 1 aliphatic heterocycles. The average molecular weight is 239 g/mol. The highest BCUT2D eigenvalue weighted by atomic mass is 16.3. The van der Waals surface area contributed by atoms with Crippen LogP contribution in [0.1, 0.15) is 52.9 Å². The van der Waals surface area contributed by atoms with Gasteiger partial charge in [-0.05, 0) is 40.2 Å². The molecule has 1 heterocycles. The van der Waals surface area contributed by atoms with Gasteiger partial charge in [-0.2, -0.15) is 0 Å². The first-order valence-corrected chi connectivity index (χ1v) is 6.78. The van der Waals surface area contributed by atoms with Crippen molar-refractivity contribution in [2.45, 2.75) is 70.6 Å². The second-order valence-corrected chi connectivity index (χ2v) is 6.31. The Morgan fingerprint density at radius 3 is 2.65 bits per heavy atom. The van der Waals surface area contributed by atoms with Crippen molar-refractivity contribution >= 4 is 5.78 Å². The summed E-state index contributed by atoms with van der Waals surface area (Å²) < 4.78 is 0. The molecule has 1 N–H and O–H groups in total. The maximum Gasteiger partial charge on any atom is 0.161 e. The molecule has 0 bridgehead atoms. The number of ketones is 1. The third kappa shape index (κ3) is 1.66. The minimum absolute atomic E-state index is 0.0492. The Morgan fingerprint density at radius 1 is 1.41 bits per heavy atom. The third-order valence-corrected chi connectivity index (χ3v) is 5.46. The number of Topliss-reactive ketones (excluding diaryl/α,β-unsaturated/α-hetero) is 1. The number of hydrogen-bond donors (Lipinski definition) is 1. The van der Waals surface area contributed by atoms with Gasteiger partial charge in [-0.15, -0.1) is 0 Å². The Hall–Kier alpha value is -0.410. The molecule has 2 aliphatic rings. The monoisotopic (exact) mass is 239 g/mol. The van der Waals surface area contributed by atoms with E-state index in [-0.39, 0.29) is 17.2 Å². The summed E-state index contributed by atoms with van der Waals surface area (Å²) in [4.78, 5) is 14.3. The number of aliphatic hydroxyl groups is 1. The molecule has 0 amide bonds. The number of rotatable bonds is 1. The van der Waals surface area contributed by atoms with Crippen molar-refractivity contribution < 1.29 is 9.90 Å². The molecule has 0 radical (unpaired) electrons. The second kappa shape index (κ2) is 4.06. The van der Waals surface area contributed by atoms with Crippen molar-refractivity contribution in [2.24, 2.45) is 5.41 Å². The van der Waals surface area contributed by atoms with Crippen LogP contribution in [0.2, 0.25) is 0 Å². The van der Waals surface area contributed by atoms with Crippen molar-refractivity contribution in [3.05, 3.63) is 0 Å². The first-order chi connectivity index (χ1) is 7.83. The first-order valence-electron chi connectivity index (χ1n) is 6.78. The SMILES string of the molecule is CC(=O)C1(O)CC(C)N(C)C2CCCCC21C. The van der Waals surface area contributed by atoms with E-state index in [1.54, 1.807) is 6.92 Å². The van der Waals surface area contributed by atoms with Crippen LogP contribution in [0.15, 0.2) is 0 Å². The van der Waals surface area contributed by atoms with E-state index >= 15 is 0 Å². The predicted octanol–water partition coefficient (Wildman–Crippen LogP) is 1.98. The summed E-state index contributed by atoms with van der Waals surface area (Å²) >= 11 is 0. The van der Waals surface area contributed by atoms with Gasteiger partial charge in [-0.25, -0.2) is 0 Å². The van der Waals surface area contributed by atoms with E-state index < -0.39 is 5.60 Å². The molecule has 2 fully saturated rings. The lowest BCUT2D eigenvalue weighted by molar-refractivity contribution is -0.189. The zero-order valence-electron chi connectivity index (χ0n) is 11.5. The van der Waals surface area contributed by atoms with Gasteiger partial charge in [0.25, 0.3) is 0 Å². The number of carbonyl (C=O) groups excluding carboxylic acids is 1. The van der Waals surface area contributed by atoms with Crippen molar-refractivity contribution in [1.29, 1.82) is 0 Å². The van der Waals surface area contributed by atoms with Gasteiger partial charge >= 0.3 is 0 Å². The Kier molecular flexibility index (Phi) is 3.11. The van der Waals surface area contributed by atoms with Gasteiger partial charge < -0.3 is 5.11 Å². The van der Waals surface area contributed by atoms with Crippen molar-refractivity contribution in [2.75, 3.05) is 7.05 Å². The smallest absolute Gasteiger partial charge is 0.161 e. The van der Waals surface area contributed by atoms with Crippen LogP contribution in [0.5, 0.6) is 0 Å². The summed E-state index contributed by atoms with van der Waals surface area (Å²) in [7, 11) is 2.14. The molecule has 98 valence electrons. The summed E-state index contributed by atoms with van der Waals surface area (Å²) in [6, 6.07) is 0.619. The molecule has 3 nitrogen and oxygen atoms in total. The molecule has 4 unspecified atom stereocenters. The van der Waals surface area contributed by atoms with Gasteiger partial charge in [0, 0.05) is 17.5 Å². The Bertz CT molecular complexity index is 330. The number of piperidine rings is 1. The van der Waals surface area contributed by atoms with Crippen LogP contribution in [0.4, 0.5) is 0 Å². The van der Waals surface area contributed by atoms with Gasteiger partial charge in [0.15, 0.2) is 5.78 Å². The highest BCUT2D eigenvalue weighted by Gasteiger charge is 2.60. The lowest BCUT2D eigenvalue weighted by Crippen LogP contribution is -2.69. The van der Waals surface area contributed by atoms with Crippen LogP contribution in [-0.4, -0.2) is 40.5 Å². The molecule has 17 heavy (non-hydrogen) atoms. The fraction of sp³-hybridized carbons (Fsp3) is 0.929. The van der Waals surface area contributed by atoms with Crippen molar-refractivity contribution in [3.63, 3.8) is 0 Å². The summed E-state index contributed by atoms with van der Waals surface area (Å²) in [5, 5.41) is 10.9. The van der Waals surface area contributed by atoms with Gasteiger partial charge in [0.2, 0.25) is 0 Å². The zero-order valence-corrected chi connectivity index (χ0v) is 11.5. The van der Waals surface area contributed by atoms with Gasteiger partial charge in [0.1, 0.15) is 5.60 Å². The minimum Gasteiger partial charge on any atom is -0.381 e. The number of likely N-dealkylation sites (tertiary alicyclic amines) is 1. The standard InChI is InChI=1S/C14H25NO2/c1-10-9-14(17,11(2)16)13(3)8-6-5-7-12(13)15(10)4/h10,12,17H,5-9H2,1-4H3. The molecule has 1 saturated carbocycles. The van der Waals surface area contributed by atoms with E-state index in [0.29, 0.717) is 12.5 Å². The van der Waals surface area contributed by atoms with Gasteiger partial charge in [0.05, 0.1) is 0 Å². The van der Waals surface area contributed by atoms with Crippen molar-refractivity contribution in [1.82, 2.24) is 4.90 Å². The van der Waals surface area contributed by atoms with E-state index in [1.807, 2.05) is 0 Å².